The predicted octanol–water partition coefficient (Wildman–Crippen LogP) is 3.01. The molecule has 1 aromatic heterocycles. The molecule has 0 amide bonds. The molecule has 2 aromatic rings. The van der Waals surface area contributed by atoms with Gasteiger partial charge in [-0.3, -0.25) is 0 Å². The molecular formula is C21H23N5O. The van der Waals surface area contributed by atoms with Gasteiger partial charge in [-0.05, 0) is 49.2 Å². The number of aromatic nitrogens is 1. The first-order chi connectivity index (χ1) is 13.2. The van der Waals surface area contributed by atoms with Crippen LogP contribution in [0, 0.1) is 16.7 Å². The van der Waals surface area contributed by atoms with Crippen molar-refractivity contribution in [2.45, 2.75) is 19.4 Å². The van der Waals surface area contributed by atoms with Crippen LogP contribution >= 0.6 is 0 Å². The molecule has 6 heteroatoms. The summed E-state index contributed by atoms with van der Waals surface area (Å²) in [7, 11) is 0. The van der Waals surface area contributed by atoms with Crippen molar-refractivity contribution in [1.29, 1.82) is 10.7 Å². The minimum atomic E-state index is 0.0146. The van der Waals surface area contributed by atoms with Gasteiger partial charge in [0, 0.05) is 24.5 Å². The first-order valence-electron chi connectivity index (χ1n) is 9.01. The average molecular weight is 361 g/mol. The van der Waals surface area contributed by atoms with Crippen molar-refractivity contribution in [1.82, 2.24) is 10.3 Å². The molecule has 0 radical (unpaired) electrons. The molecule has 1 aromatic carbocycles. The van der Waals surface area contributed by atoms with Crippen LogP contribution in [-0.2, 0) is 6.42 Å². The molecule has 138 valence electrons. The summed E-state index contributed by atoms with van der Waals surface area (Å²) in [5.41, 5.74) is 4.49. The van der Waals surface area contributed by atoms with Crippen LogP contribution in [0.15, 0.2) is 42.6 Å². The van der Waals surface area contributed by atoms with Crippen molar-refractivity contribution in [3.8, 4) is 11.9 Å². The summed E-state index contributed by atoms with van der Waals surface area (Å²) in [4.78, 5) is 4.40. The minimum absolute atomic E-state index is 0.0146. The molecule has 3 rings (SSSR count). The van der Waals surface area contributed by atoms with Gasteiger partial charge in [-0.2, -0.15) is 5.26 Å². The lowest BCUT2D eigenvalue weighted by Crippen LogP contribution is -2.40. The highest BCUT2D eigenvalue weighted by Gasteiger charge is 2.20. The van der Waals surface area contributed by atoms with Gasteiger partial charge in [-0.1, -0.05) is 18.2 Å². The normalized spacial score (nSPS) is 15.9. The molecule has 0 aliphatic carbocycles. The van der Waals surface area contributed by atoms with Gasteiger partial charge in [0.05, 0.1) is 23.9 Å². The number of hydrogen-bond acceptors (Lipinski definition) is 6. The number of fused-ring (bicyclic) bond motifs is 1. The maximum absolute atomic E-state index is 8.82. The fourth-order valence-corrected chi connectivity index (χ4v) is 2.94. The van der Waals surface area contributed by atoms with Gasteiger partial charge < -0.3 is 20.8 Å². The van der Waals surface area contributed by atoms with Crippen LogP contribution in [0.25, 0.3) is 5.57 Å². The lowest BCUT2D eigenvalue weighted by molar-refractivity contribution is 0.194. The lowest BCUT2D eigenvalue weighted by atomic mass is 10.1. The molecule has 1 aliphatic rings. The van der Waals surface area contributed by atoms with E-state index in [4.69, 9.17) is 15.4 Å². The second kappa shape index (κ2) is 8.97. The highest BCUT2D eigenvalue weighted by molar-refractivity contribution is 6.08. The smallest absolute Gasteiger partial charge is 0.237 e. The molecule has 1 unspecified atom stereocenters. The predicted molar refractivity (Wildman–Crippen MR) is 107 cm³/mol. The van der Waals surface area contributed by atoms with Gasteiger partial charge in [0.15, 0.2) is 0 Å². The Morgan fingerprint density at radius 3 is 2.96 bits per heavy atom. The first-order valence-corrected chi connectivity index (χ1v) is 9.01. The SMILES string of the molecule is C/C=C(\C=N)c1cnc2c(c1)NCC(CNCCc1ccc(C#N)cc1)O2. The highest BCUT2D eigenvalue weighted by atomic mass is 16.5. The molecule has 0 saturated carbocycles. The van der Waals surface area contributed by atoms with E-state index in [1.54, 1.807) is 6.20 Å². The highest BCUT2D eigenvalue weighted by Crippen LogP contribution is 2.29. The summed E-state index contributed by atoms with van der Waals surface area (Å²) in [6, 6.07) is 11.8. The van der Waals surface area contributed by atoms with Crippen molar-refractivity contribution in [3.63, 3.8) is 0 Å². The van der Waals surface area contributed by atoms with Crippen LogP contribution in [0.1, 0.15) is 23.6 Å². The molecule has 0 spiro atoms. The zero-order valence-electron chi connectivity index (χ0n) is 15.3. The molecule has 3 N–H and O–H groups in total. The van der Waals surface area contributed by atoms with Gasteiger partial charge in [0.2, 0.25) is 5.88 Å². The quantitative estimate of drug-likeness (QED) is 0.521. The summed E-state index contributed by atoms with van der Waals surface area (Å²) < 4.78 is 5.97. The topological polar surface area (TPSA) is 93.8 Å². The Balaban J connectivity index is 1.48. The molecular weight excluding hydrogens is 338 g/mol. The number of rotatable bonds is 7. The Kier molecular flexibility index (Phi) is 6.18. The minimum Gasteiger partial charge on any atom is -0.470 e. The number of allylic oxidation sites excluding steroid dienone is 2. The standard InChI is InChI=1S/C21H23N5O/c1-2-17(11-23)18-9-20-21(26-12-18)27-19(14-25-20)13-24-8-7-15-3-5-16(10-22)6-4-15/h2-6,9,11-12,19,23-25H,7-8,13-14H2,1H3/b17-2+,23-11?. The Bertz CT molecular complexity index is 867. The number of hydrogen-bond donors (Lipinski definition) is 3. The van der Waals surface area contributed by atoms with Gasteiger partial charge in [0.25, 0.3) is 0 Å². The van der Waals surface area contributed by atoms with Gasteiger partial charge in [0.1, 0.15) is 6.10 Å². The van der Waals surface area contributed by atoms with E-state index in [2.05, 4.69) is 21.7 Å². The van der Waals surface area contributed by atoms with Crippen molar-refractivity contribution in [2.75, 3.05) is 25.0 Å². The monoisotopic (exact) mass is 361 g/mol. The van der Waals surface area contributed by atoms with Gasteiger partial charge in [-0.25, -0.2) is 4.98 Å². The Labute approximate surface area is 159 Å². The van der Waals surface area contributed by atoms with Crippen LogP contribution in [0.4, 0.5) is 5.69 Å². The Hall–Kier alpha value is -3.17. The molecule has 0 fully saturated rings. The second-order valence-corrected chi connectivity index (χ2v) is 6.35. The zero-order chi connectivity index (χ0) is 19.1. The van der Waals surface area contributed by atoms with E-state index in [-0.39, 0.29) is 6.10 Å². The summed E-state index contributed by atoms with van der Waals surface area (Å²) in [6.45, 7) is 4.18. The molecule has 1 aliphatic heterocycles. The fourth-order valence-electron chi connectivity index (χ4n) is 2.94. The van der Waals surface area contributed by atoms with Gasteiger partial charge in [-0.15, -0.1) is 0 Å². The average Bonchev–Trinajstić information content (AvgIpc) is 2.72. The number of pyridine rings is 1. The summed E-state index contributed by atoms with van der Waals surface area (Å²) in [5, 5.41) is 23.1. The van der Waals surface area contributed by atoms with Crippen LogP contribution < -0.4 is 15.4 Å². The maximum atomic E-state index is 8.82. The van der Waals surface area contributed by atoms with Crippen LogP contribution in [0.2, 0.25) is 0 Å². The van der Waals surface area contributed by atoms with Gasteiger partial charge >= 0.3 is 0 Å². The summed E-state index contributed by atoms with van der Waals surface area (Å²) in [5.74, 6) is 0.601. The number of nitrogens with zero attached hydrogens (tertiary/aromatic N) is 2. The van der Waals surface area contributed by atoms with Crippen LogP contribution in [0.5, 0.6) is 5.88 Å². The number of nitriles is 1. The zero-order valence-corrected chi connectivity index (χ0v) is 15.3. The van der Waals surface area contributed by atoms with E-state index >= 15 is 0 Å². The number of nitrogens with one attached hydrogen (secondary N) is 3. The Morgan fingerprint density at radius 1 is 1.44 bits per heavy atom. The maximum Gasteiger partial charge on any atom is 0.237 e. The molecule has 27 heavy (non-hydrogen) atoms. The van der Waals surface area contributed by atoms with E-state index in [0.29, 0.717) is 18.0 Å². The number of ether oxygens (including phenoxy) is 1. The molecule has 0 saturated heterocycles. The summed E-state index contributed by atoms with van der Waals surface area (Å²) in [6.07, 6.45) is 5.87. The third-order valence-electron chi connectivity index (χ3n) is 4.49. The molecule has 0 bridgehead atoms. The fraction of sp³-hybridized carbons (Fsp3) is 0.286. The largest absolute Gasteiger partial charge is 0.470 e. The Morgan fingerprint density at radius 2 is 2.26 bits per heavy atom. The molecule has 2 heterocycles. The van der Waals surface area contributed by atoms with Crippen molar-refractivity contribution >= 4 is 17.5 Å². The lowest BCUT2D eigenvalue weighted by Gasteiger charge is -2.27. The van der Waals surface area contributed by atoms with Crippen molar-refractivity contribution in [2.24, 2.45) is 0 Å². The van der Waals surface area contributed by atoms with Crippen molar-refractivity contribution < 1.29 is 4.74 Å². The van der Waals surface area contributed by atoms with E-state index < -0.39 is 0 Å². The summed E-state index contributed by atoms with van der Waals surface area (Å²) >= 11 is 0. The molecule has 6 nitrogen and oxygen atoms in total. The van der Waals surface area contributed by atoms with Crippen molar-refractivity contribution in [3.05, 3.63) is 59.3 Å². The van der Waals surface area contributed by atoms with E-state index in [1.807, 2.05) is 43.3 Å². The van der Waals surface area contributed by atoms with Crippen LogP contribution in [0.3, 0.4) is 0 Å². The van der Waals surface area contributed by atoms with E-state index in [1.165, 1.54) is 11.8 Å². The number of benzene rings is 1. The number of anilines is 1. The third-order valence-corrected chi connectivity index (χ3v) is 4.49. The third kappa shape index (κ3) is 4.72. The van der Waals surface area contributed by atoms with E-state index in [0.717, 1.165) is 36.3 Å². The first kappa shape index (κ1) is 18.6. The second-order valence-electron chi connectivity index (χ2n) is 6.35. The molecule has 1 atom stereocenters. The van der Waals surface area contributed by atoms with E-state index in [9.17, 15) is 0 Å². The van der Waals surface area contributed by atoms with Crippen LogP contribution in [-0.4, -0.2) is 36.9 Å².